The topological polar surface area (TPSA) is 89.1 Å². The average molecular weight is 330 g/mol. The molecule has 1 atom stereocenters. The van der Waals surface area contributed by atoms with Gasteiger partial charge in [-0.3, -0.25) is 5.32 Å². The fourth-order valence-corrected chi connectivity index (χ4v) is 3.62. The molecule has 0 aromatic carbocycles. The molecule has 4 rings (SSSR count). The van der Waals surface area contributed by atoms with E-state index in [0.717, 1.165) is 62.4 Å². The van der Waals surface area contributed by atoms with Crippen molar-refractivity contribution >= 4 is 11.9 Å². The van der Waals surface area contributed by atoms with Crippen molar-refractivity contribution in [2.75, 3.05) is 11.9 Å². The Morgan fingerprint density at radius 1 is 1.25 bits per heavy atom. The predicted molar refractivity (Wildman–Crippen MR) is 86.5 cm³/mol. The third kappa shape index (κ3) is 2.76. The van der Waals surface area contributed by atoms with Gasteiger partial charge in [-0.05, 0) is 39.0 Å². The summed E-state index contributed by atoms with van der Waals surface area (Å²) in [4.78, 5) is 14.6. The smallest absolute Gasteiger partial charge is 0.324 e. The van der Waals surface area contributed by atoms with Crippen LogP contribution in [0, 0.1) is 6.92 Å². The quantitative estimate of drug-likeness (QED) is 0.914. The predicted octanol–water partition coefficient (Wildman–Crippen LogP) is 2.67. The molecule has 2 aliphatic heterocycles. The first-order valence-electron chi connectivity index (χ1n) is 8.65. The number of anilines is 1. The molecule has 0 bridgehead atoms. The number of fused-ring (bicyclic) bond motifs is 1. The summed E-state index contributed by atoms with van der Waals surface area (Å²) in [6, 6.07) is 1.53. The normalized spacial score (nSPS) is 20.7. The number of piperidine rings is 1. The van der Waals surface area contributed by atoms with Gasteiger partial charge in [0.25, 0.3) is 0 Å². The molecule has 8 nitrogen and oxygen atoms in total. The molecule has 0 unspecified atom stereocenters. The molecule has 2 aromatic heterocycles. The van der Waals surface area contributed by atoms with Crippen LogP contribution in [0.15, 0.2) is 10.6 Å². The molecule has 0 saturated carbocycles. The molecule has 2 amide bonds. The molecular weight excluding hydrogens is 308 g/mol. The largest absolute Gasteiger partial charge is 0.338 e. The molecule has 1 N–H and O–H groups in total. The molecule has 1 saturated heterocycles. The van der Waals surface area contributed by atoms with E-state index in [1.807, 2.05) is 11.8 Å². The van der Waals surface area contributed by atoms with Crippen LogP contribution in [0.3, 0.4) is 0 Å². The third-order valence-electron chi connectivity index (χ3n) is 4.81. The lowest BCUT2D eigenvalue weighted by molar-refractivity contribution is 0.156. The number of hydrogen-bond acceptors (Lipinski definition) is 5. The van der Waals surface area contributed by atoms with Crippen molar-refractivity contribution in [3.63, 3.8) is 0 Å². The SMILES string of the molecule is Cc1cc(NC(=O)N2CCCC[C@H]2c2nnc3n2CCCC3)on1. The van der Waals surface area contributed by atoms with Crippen molar-refractivity contribution in [1.29, 1.82) is 0 Å². The number of carbonyl (C=O) groups excluding carboxylic acids is 1. The maximum atomic E-state index is 12.7. The summed E-state index contributed by atoms with van der Waals surface area (Å²) in [5.74, 6) is 2.35. The summed E-state index contributed by atoms with van der Waals surface area (Å²) < 4.78 is 7.31. The van der Waals surface area contributed by atoms with Gasteiger partial charge in [0.2, 0.25) is 5.88 Å². The summed E-state index contributed by atoms with van der Waals surface area (Å²) in [7, 11) is 0. The maximum absolute atomic E-state index is 12.7. The zero-order chi connectivity index (χ0) is 16.5. The lowest BCUT2D eigenvalue weighted by Gasteiger charge is -2.35. The molecule has 2 aliphatic rings. The van der Waals surface area contributed by atoms with Crippen molar-refractivity contribution < 1.29 is 9.32 Å². The Labute approximate surface area is 140 Å². The average Bonchev–Trinajstić information content (AvgIpc) is 3.21. The molecule has 24 heavy (non-hydrogen) atoms. The highest BCUT2D eigenvalue weighted by molar-refractivity contribution is 5.88. The minimum atomic E-state index is -0.163. The molecule has 0 aliphatic carbocycles. The minimum absolute atomic E-state index is 0.0258. The number of likely N-dealkylation sites (tertiary alicyclic amines) is 1. The highest BCUT2D eigenvalue weighted by atomic mass is 16.5. The Kier molecular flexibility index (Phi) is 3.95. The van der Waals surface area contributed by atoms with E-state index in [-0.39, 0.29) is 12.1 Å². The summed E-state index contributed by atoms with van der Waals surface area (Å²) in [5, 5.41) is 15.4. The Hall–Kier alpha value is -2.38. The lowest BCUT2D eigenvalue weighted by atomic mass is 10.0. The first-order valence-corrected chi connectivity index (χ1v) is 8.65. The van der Waals surface area contributed by atoms with E-state index >= 15 is 0 Å². The number of urea groups is 1. The van der Waals surface area contributed by atoms with Crippen molar-refractivity contribution in [1.82, 2.24) is 24.8 Å². The van der Waals surface area contributed by atoms with Crippen LogP contribution in [0.1, 0.15) is 55.5 Å². The Bertz CT molecular complexity index is 737. The van der Waals surface area contributed by atoms with Crippen LogP contribution in [0.25, 0.3) is 0 Å². The zero-order valence-electron chi connectivity index (χ0n) is 13.9. The van der Waals surface area contributed by atoms with Crippen molar-refractivity contribution in [2.24, 2.45) is 0 Å². The molecular formula is C16H22N6O2. The third-order valence-corrected chi connectivity index (χ3v) is 4.81. The fourth-order valence-electron chi connectivity index (χ4n) is 3.62. The lowest BCUT2D eigenvalue weighted by Crippen LogP contribution is -2.42. The summed E-state index contributed by atoms with van der Waals surface area (Å²) >= 11 is 0. The minimum Gasteiger partial charge on any atom is -0.338 e. The van der Waals surface area contributed by atoms with Crippen LogP contribution in [0.4, 0.5) is 10.7 Å². The van der Waals surface area contributed by atoms with Crippen LogP contribution < -0.4 is 5.32 Å². The number of hydrogen-bond donors (Lipinski definition) is 1. The van der Waals surface area contributed by atoms with E-state index < -0.39 is 0 Å². The summed E-state index contributed by atoms with van der Waals surface area (Å²) in [6.07, 6.45) is 6.30. The van der Waals surface area contributed by atoms with Gasteiger partial charge >= 0.3 is 6.03 Å². The fraction of sp³-hybridized carbons (Fsp3) is 0.625. The number of aromatic nitrogens is 4. The molecule has 1 fully saturated rings. The van der Waals surface area contributed by atoms with E-state index in [1.54, 1.807) is 6.07 Å². The highest BCUT2D eigenvalue weighted by Crippen LogP contribution is 2.32. The van der Waals surface area contributed by atoms with E-state index in [4.69, 9.17) is 4.52 Å². The van der Waals surface area contributed by atoms with Gasteiger partial charge in [-0.2, -0.15) is 0 Å². The standard InChI is InChI=1S/C16H22N6O2/c1-11-10-14(24-20-11)17-16(23)21-8-4-2-6-12(21)15-19-18-13-7-3-5-9-22(13)15/h10,12H,2-9H2,1H3,(H,17,23)/t12-/m0/s1. The Morgan fingerprint density at radius 2 is 2.12 bits per heavy atom. The second-order valence-corrected chi connectivity index (χ2v) is 6.55. The van der Waals surface area contributed by atoms with Crippen molar-refractivity contribution in [2.45, 2.75) is 58.0 Å². The van der Waals surface area contributed by atoms with Crippen LogP contribution >= 0.6 is 0 Å². The highest BCUT2D eigenvalue weighted by Gasteiger charge is 2.33. The maximum Gasteiger partial charge on any atom is 0.324 e. The Balaban J connectivity index is 1.56. The van der Waals surface area contributed by atoms with Gasteiger partial charge in [-0.1, -0.05) is 5.16 Å². The Morgan fingerprint density at radius 3 is 2.96 bits per heavy atom. The zero-order valence-corrected chi connectivity index (χ0v) is 13.9. The number of amides is 2. The van der Waals surface area contributed by atoms with Crippen molar-refractivity contribution in [3.8, 4) is 0 Å². The van der Waals surface area contributed by atoms with Crippen LogP contribution in [-0.4, -0.2) is 37.4 Å². The van der Waals surface area contributed by atoms with Gasteiger partial charge in [0.1, 0.15) is 5.82 Å². The molecule has 0 radical (unpaired) electrons. The van der Waals surface area contributed by atoms with E-state index in [1.165, 1.54) is 0 Å². The van der Waals surface area contributed by atoms with Gasteiger partial charge in [0.05, 0.1) is 11.7 Å². The van der Waals surface area contributed by atoms with E-state index in [2.05, 4.69) is 25.2 Å². The number of carbonyl (C=O) groups is 1. The van der Waals surface area contributed by atoms with Gasteiger partial charge < -0.3 is 14.0 Å². The second kappa shape index (κ2) is 6.26. The van der Waals surface area contributed by atoms with E-state index in [9.17, 15) is 4.79 Å². The number of nitrogens with zero attached hydrogens (tertiary/aromatic N) is 5. The molecule has 8 heteroatoms. The number of aryl methyl sites for hydroxylation is 2. The molecule has 2 aromatic rings. The summed E-state index contributed by atoms with van der Waals surface area (Å²) in [5.41, 5.74) is 0.743. The van der Waals surface area contributed by atoms with Gasteiger partial charge in [-0.25, -0.2) is 4.79 Å². The van der Waals surface area contributed by atoms with Gasteiger partial charge in [-0.15, -0.1) is 10.2 Å². The van der Waals surface area contributed by atoms with Gasteiger partial charge in [0, 0.05) is 25.6 Å². The van der Waals surface area contributed by atoms with Crippen LogP contribution in [-0.2, 0) is 13.0 Å². The first-order chi connectivity index (χ1) is 11.7. The molecule has 0 spiro atoms. The first kappa shape index (κ1) is 15.2. The van der Waals surface area contributed by atoms with Crippen molar-refractivity contribution in [3.05, 3.63) is 23.4 Å². The van der Waals surface area contributed by atoms with Crippen LogP contribution in [0.5, 0.6) is 0 Å². The molecule has 128 valence electrons. The second-order valence-electron chi connectivity index (χ2n) is 6.55. The van der Waals surface area contributed by atoms with Crippen LogP contribution in [0.2, 0.25) is 0 Å². The summed E-state index contributed by atoms with van der Waals surface area (Å²) in [6.45, 7) is 3.49. The van der Waals surface area contributed by atoms with Gasteiger partial charge in [0.15, 0.2) is 5.82 Å². The number of rotatable bonds is 2. The van der Waals surface area contributed by atoms with E-state index in [0.29, 0.717) is 12.4 Å². The molecule has 4 heterocycles. The monoisotopic (exact) mass is 330 g/mol. The number of nitrogens with one attached hydrogen (secondary N) is 1.